The quantitative estimate of drug-likeness (QED) is 0.161. The molecule has 0 bridgehead atoms. The van der Waals surface area contributed by atoms with Crippen LogP contribution < -0.4 is 27.0 Å². The van der Waals surface area contributed by atoms with Crippen molar-refractivity contribution in [3.8, 4) is 0 Å². The molecule has 2 aromatic carbocycles. The number of H-pyrrole nitrogens is 1. The van der Waals surface area contributed by atoms with Gasteiger partial charge in [-0.3, -0.25) is 24.0 Å². The fourth-order valence-electron chi connectivity index (χ4n) is 6.41. The van der Waals surface area contributed by atoms with E-state index < -0.39 is 65.8 Å². The molecular formula is C35H45N7O6. The first-order valence-corrected chi connectivity index (χ1v) is 16.6. The fraction of sp³-hybridized carbons (Fsp3) is 0.457. The number of para-hydroxylation sites is 1. The average molecular weight is 661 g/mol. The molecule has 0 saturated carbocycles. The van der Waals surface area contributed by atoms with Gasteiger partial charge >= 0.3 is 0 Å². The van der Waals surface area contributed by atoms with E-state index in [0.29, 0.717) is 36.7 Å². The number of aromatic nitrogens is 1. The van der Waals surface area contributed by atoms with Gasteiger partial charge in [0.1, 0.15) is 30.2 Å². The van der Waals surface area contributed by atoms with Gasteiger partial charge in [0.15, 0.2) is 1.41 Å². The molecule has 6 atom stereocenters. The first-order chi connectivity index (χ1) is 23.6. The normalized spacial score (nSPS) is 25.4. The summed E-state index contributed by atoms with van der Waals surface area (Å²) < 4.78 is 8.97. The Balaban J connectivity index is 1.57. The summed E-state index contributed by atoms with van der Waals surface area (Å²) in [5, 5.41) is 20.3. The van der Waals surface area contributed by atoms with Gasteiger partial charge in [-0.25, -0.2) is 0 Å². The van der Waals surface area contributed by atoms with Crippen molar-refractivity contribution in [2.24, 2.45) is 5.73 Å². The van der Waals surface area contributed by atoms with E-state index in [2.05, 4.69) is 20.9 Å². The van der Waals surface area contributed by atoms with Crippen molar-refractivity contribution in [1.82, 2.24) is 31.1 Å². The third kappa shape index (κ3) is 8.20. The molecular weight excluding hydrogens is 614 g/mol. The Morgan fingerprint density at radius 3 is 2.31 bits per heavy atom. The largest absolute Gasteiger partial charge is 0.391 e. The predicted molar refractivity (Wildman–Crippen MR) is 179 cm³/mol. The van der Waals surface area contributed by atoms with Crippen molar-refractivity contribution < 1.29 is 30.5 Å². The van der Waals surface area contributed by atoms with Crippen LogP contribution in [0.25, 0.3) is 10.9 Å². The van der Waals surface area contributed by atoms with Gasteiger partial charge in [0, 0.05) is 36.5 Å². The van der Waals surface area contributed by atoms with Crippen LogP contribution in [0.4, 0.5) is 0 Å². The molecule has 5 rings (SSSR count). The maximum absolute atomic E-state index is 14.2. The molecule has 0 unspecified atom stereocenters. The zero-order chi connectivity index (χ0) is 35.1. The fourth-order valence-corrected chi connectivity index (χ4v) is 6.41. The van der Waals surface area contributed by atoms with E-state index >= 15 is 0 Å². The summed E-state index contributed by atoms with van der Waals surface area (Å²) in [4.78, 5) is 74.3. The topological polar surface area (TPSA) is 199 Å². The molecule has 2 saturated heterocycles. The molecule has 3 aromatic rings. The number of aliphatic hydroxyl groups excluding tert-OH is 1. The zero-order valence-corrected chi connectivity index (χ0v) is 27.1. The van der Waals surface area contributed by atoms with Crippen LogP contribution in [-0.2, 0) is 36.8 Å². The van der Waals surface area contributed by atoms with Crippen molar-refractivity contribution in [3.05, 3.63) is 71.9 Å². The molecule has 2 aliphatic rings. The van der Waals surface area contributed by atoms with Crippen molar-refractivity contribution >= 4 is 40.4 Å². The number of amides is 5. The van der Waals surface area contributed by atoms with Gasteiger partial charge in [-0.2, -0.15) is 0 Å². The molecule has 13 heteroatoms. The second-order valence-electron chi connectivity index (χ2n) is 12.6. The molecule has 3 heterocycles. The van der Waals surface area contributed by atoms with Crippen LogP contribution in [0.5, 0.6) is 0 Å². The average Bonchev–Trinajstić information content (AvgIpc) is 3.75. The number of hydrogen-bond acceptors (Lipinski definition) is 7. The number of unbranched alkanes of at least 4 members (excludes halogenated alkanes) is 1. The standard InChI is InChI=1S/C35H45N7O6/c1-21(43)30-35(48)42-17-9-15-29(42)34(47)40-27(18-22-10-3-2-4-11-22)32(45)39-28(19-23-20-37-25-13-6-5-12-24(23)25)33(46)38-26(31(44)41-30)14-7-8-16-36/h2-6,10-13,20-21,26-30,37,43H,7-9,14-19,36H2,1H3,(H,38,46)(H,39,45)(H,40,47)(H,41,44)/t21-,26+,27+,28+,29+,30+/m1/s1/i/hD. The zero-order valence-electron chi connectivity index (χ0n) is 28.1. The lowest BCUT2D eigenvalue weighted by atomic mass is 10.0. The summed E-state index contributed by atoms with van der Waals surface area (Å²) in [7, 11) is 0. The Kier molecular flexibility index (Phi) is 11.0. The van der Waals surface area contributed by atoms with Crippen molar-refractivity contribution in [2.45, 2.75) is 88.2 Å². The van der Waals surface area contributed by atoms with E-state index in [1.165, 1.54) is 11.8 Å². The van der Waals surface area contributed by atoms with Gasteiger partial charge in [-0.1, -0.05) is 48.5 Å². The van der Waals surface area contributed by atoms with E-state index in [9.17, 15) is 29.1 Å². The lowest BCUT2D eigenvalue weighted by molar-refractivity contribution is -0.144. The van der Waals surface area contributed by atoms with Crippen LogP contribution in [0.3, 0.4) is 0 Å². The van der Waals surface area contributed by atoms with E-state index in [1.54, 1.807) is 30.5 Å². The molecule has 1 aromatic heterocycles. The maximum atomic E-state index is 14.2. The highest BCUT2D eigenvalue weighted by Crippen LogP contribution is 2.22. The predicted octanol–water partition coefficient (Wildman–Crippen LogP) is 0.407. The first-order valence-electron chi connectivity index (χ1n) is 17.0. The van der Waals surface area contributed by atoms with Gasteiger partial charge in [0.25, 0.3) is 0 Å². The molecule has 256 valence electrons. The molecule has 48 heavy (non-hydrogen) atoms. The van der Waals surface area contributed by atoms with Crippen LogP contribution in [-0.4, -0.2) is 93.9 Å². The van der Waals surface area contributed by atoms with Crippen LogP contribution >= 0.6 is 0 Å². The minimum Gasteiger partial charge on any atom is -0.391 e. The number of nitrogens with zero attached hydrogens (tertiary/aromatic N) is 1. The highest BCUT2D eigenvalue weighted by Gasteiger charge is 2.41. The van der Waals surface area contributed by atoms with Gasteiger partial charge in [-0.15, -0.1) is 0 Å². The maximum Gasteiger partial charge on any atom is 0.248 e. The Labute approximate surface area is 280 Å². The number of aromatic amines is 1. The number of hydrogen-bond donors (Lipinski definition) is 7. The lowest BCUT2D eigenvalue weighted by Crippen LogP contribution is -2.60. The summed E-state index contributed by atoms with van der Waals surface area (Å²) in [5.41, 5.74) is 7.96. The molecule has 0 spiro atoms. The van der Waals surface area contributed by atoms with Crippen LogP contribution in [0.2, 0.25) is 1.41 Å². The van der Waals surface area contributed by atoms with E-state index in [0.717, 1.165) is 16.5 Å². The summed E-state index contributed by atoms with van der Waals surface area (Å²) in [6.45, 7) is 1.90. The summed E-state index contributed by atoms with van der Waals surface area (Å²) in [5.74, 6) is -3.55. The Morgan fingerprint density at radius 2 is 1.56 bits per heavy atom. The number of carbonyl (C=O) groups is 5. The summed E-state index contributed by atoms with van der Waals surface area (Å²) in [6.07, 6.45) is 2.37. The third-order valence-electron chi connectivity index (χ3n) is 9.04. The summed E-state index contributed by atoms with van der Waals surface area (Å²) in [6, 6.07) is 10.3. The van der Waals surface area contributed by atoms with Gasteiger partial charge in [-0.05, 0) is 62.8 Å². The first kappa shape index (κ1) is 33.2. The SMILES string of the molecule is [2H]N1C(=O)[C@@H]2CCCN2C(=O)[C@H]([C@@H](C)O)NC(=O)[C@H](CCCCN)NC(=O)[C@H](Cc2c[nH]c3ccccc23)NC(=O)[C@@H]1Cc1ccccc1. The molecule has 0 radical (unpaired) electrons. The second kappa shape index (κ2) is 15.9. The van der Waals surface area contributed by atoms with Gasteiger partial charge in [0.2, 0.25) is 29.5 Å². The third-order valence-corrected chi connectivity index (χ3v) is 9.04. The number of benzene rings is 2. The van der Waals surface area contributed by atoms with Crippen molar-refractivity contribution in [2.75, 3.05) is 13.1 Å². The van der Waals surface area contributed by atoms with Gasteiger partial charge in [0.05, 0.1) is 6.10 Å². The Hall–Kier alpha value is -4.75. The number of rotatable bonds is 9. The Bertz CT molecular complexity index is 1650. The van der Waals surface area contributed by atoms with Crippen LogP contribution in [0.1, 0.15) is 50.2 Å². The number of aliphatic hydroxyl groups is 1. The van der Waals surface area contributed by atoms with Crippen molar-refractivity contribution in [3.63, 3.8) is 0 Å². The van der Waals surface area contributed by atoms with E-state index in [1.807, 2.05) is 30.3 Å². The minimum absolute atomic E-state index is 0.0257. The van der Waals surface area contributed by atoms with Crippen LogP contribution in [0, 0.1) is 0 Å². The summed E-state index contributed by atoms with van der Waals surface area (Å²) >= 11 is 0. The highest BCUT2D eigenvalue weighted by atomic mass is 16.3. The number of nitrogens with two attached hydrogens (primary N) is 1. The number of fused-ring (bicyclic) bond motifs is 2. The molecule has 0 aliphatic carbocycles. The van der Waals surface area contributed by atoms with Gasteiger partial charge < -0.3 is 42.0 Å². The smallest absolute Gasteiger partial charge is 0.248 e. The molecule has 8 N–H and O–H groups in total. The lowest BCUT2D eigenvalue weighted by Gasteiger charge is -2.31. The molecule has 2 fully saturated rings. The van der Waals surface area contributed by atoms with Crippen LogP contribution in [0.15, 0.2) is 60.8 Å². The molecule has 13 nitrogen and oxygen atoms in total. The van der Waals surface area contributed by atoms with E-state index in [4.69, 9.17) is 7.15 Å². The van der Waals surface area contributed by atoms with Crippen molar-refractivity contribution in [1.29, 1.82) is 0 Å². The monoisotopic (exact) mass is 660 g/mol. The molecule has 5 amide bonds. The Morgan fingerprint density at radius 1 is 0.875 bits per heavy atom. The highest BCUT2D eigenvalue weighted by molar-refractivity contribution is 5.98. The molecule has 2 aliphatic heterocycles. The number of carbonyl (C=O) groups excluding carboxylic acids is 5. The minimum atomic E-state index is -1.42. The number of nitrogens with one attached hydrogen (secondary N) is 5. The van der Waals surface area contributed by atoms with E-state index in [-0.39, 0.29) is 32.2 Å². The second-order valence-corrected chi connectivity index (χ2v) is 12.6.